The summed E-state index contributed by atoms with van der Waals surface area (Å²) >= 11 is 0. The number of pyridine rings is 1. The van der Waals surface area contributed by atoms with Gasteiger partial charge in [0.25, 0.3) is 5.91 Å². The third-order valence-electron chi connectivity index (χ3n) is 2.63. The van der Waals surface area contributed by atoms with Crippen LogP contribution in [0.15, 0.2) is 36.5 Å². The number of anilines is 1. The van der Waals surface area contributed by atoms with Crippen molar-refractivity contribution in [2.24, 2.45) is 0 Å². The van der Waals surface area contributed by atoms with Gasteiger partial charge in [0, 0.05) is 6.20 Å². The quantitative estimate of drug-likeness (QED) is 0.796. The number of phenolic OH excluding ortho intramolecular Hbond substituents is 1. The van der Waals surface area contributed by atoms with Gasteiger partial charge < -0.3 is 10.4 Å². The van der Waals surface area contributed by atoms with Gasteiger partial charge >= 0.3 is 0 Å². The van der Waals surface area contributed by atoms with Crippen molar-refractivity contribution in [2.45, 2.75) is 13.8 Å². The van der Waals surface area contributed by atoms with Crippen LogP contribution >= 0.6 is 0 Å². The van der Waals surface area contributed by atoms with E-state index in [0.29, 0.717) is 11.4 Å². The van der Waals surface area contributed by atoms with Crippen LogP contribution in [0.1, 0.15) is 21.6 Å². The minimum Gasteiger partial charge on any atom is -0.506 e. The number of hydrogen-bond donors (Lipinski definition) is 2. The molecule has 0 radical (unpaired) electrons. The maximum absolute atomic E-state index is 12.0. The molecule has 4 heteroatoms. The first-order valence-electron chi connectivity index (χ1n) is 5.60. The number of rotatable bonds is 2. The molecule has 2 N–H and O–H groups in total. The second-order valence-corrected chi connectivity index (χ2v) is 4.14. The zero-order valence-electron chi connectivity index (χ0n) is 10.3. The number of benzene rings is 1. The topological polar surface area (TPSA) is 62.2 Å². The summed E-state index contributed by atoms with van der Waals surface area (Å²) in [6.07, 6.45) is 1.57. The van der Waals surface area contributed by atoms with Gasteiger partial charge in [-0.25, -0.2) is 0 Å². The Labute approximate surface area is 105 Å². The van der Waals surface area contributed by atoms with Gasteiger partial charge in [-0.1, -0.05) is 12.1 Å². The summed E-state index contributed by atoms with van der Waals surface area (Å²) in [6, 6.07) is 8.68. The molecule has 0 fully saturated rings. The summed E-state index contributed by atoms with van der Waals surface area (Å²) in [5.74, 6) is -0.274. The van der Waals surface area contributed by atoms with Crippen LogP contribution in [0.3, 0.4) is 0 Å². The fraction of sp³-hybridized carbons (Fsp3) is 0.143. The zero-order valence-corrected chi connectivity index (χ0v) is 10.3. The van der Waals surface area contributed by atoms with Crippen molar-refractivity contribution in [3.8, 4) is 5.75 Å². The maximum atomic E-state index is 12.0. The Kier molecular flexibility index (Phi) is 3.28. The molecule has 0 aliphatic rings. The van der Waals surface area contributed by atoms with Crippen molar-refractivity contribution < 1.29 is 9.90 Å². The lowest BCUT2D eigenvalue weighted by Gasteiger charge is -2.08. The molecule has 0 atom stereocenters. The average molecular weight is 242 g/mol. The molecule has 1 aromatic carbocycles. The average Bonchev–Trinajstić information content (AvgIpc) is 2.33. The predicted octanol–water partition coefficient (Wildman–Crippen LogP) is 2.66. The lowest BCUT2D eigenvalue weighted by Crippen LogP contribution is -2.15. The third-order valence-corrected chi connectivity index (χ3v) is 2.63. The number of carbonyl (C=O) groups is 1. The summed E-state index contributed by atoms with van der Waals surface area (Å²) in [4.78, 5) is 16.0. The lowest BCUT2D eigenvalue weighted by atomic mass is 10.2. The van der Waals surface area contributed by atoms with E-state index >= 15 is 0 Å². The Bertz CT molecular complexity index is 594. The fourth-order valence-electron chi connectivity index (χ4n) is 1.65. The zero-order chi connectivity index (χ0) is 13.1. The molecule has 4 nitrogen and oxygen atoms in total. The van der Waals surface area contributed by atoms with Crippen molar-refractivity contribution >= 4 is 11.6 Å². The predicted molar refractivity (Wildman–Crippen MR) is 69.8 cm³/mol. The van der Waals surface area contributed by atoms with Crippen molar-refractivity contribution in [2.75, 3.05) is 5.32 Å². The molecule has 1 aromatic heterocycles. The van der Waals surface area contributed by atoms with E-state index in [2.05, 4.69) is 10.3 Å². The van der Waals surface area contributed by atoms with Crippen LogP contribution in [0, 0.1) is 13.8 Å². The summed E-state index contributed by atoms with van der Waals surface area (Å²) in [5.41, 5.74) is 2.47. The molecule has 18 heavy (non-hydrogen) atoms. The third kappa shape index (κ3) is 2.48. The number of carbonyl (C=O) groups excluding carboxylic acids is 1. The van der Waals surface area contributed by atoms with Crippen LogP contribution in [-0.4, -0.2) is 16.0 Å². The molecule has 1 heterocycles. The van der Waals surface area contributed by atoms with E-state index in [0.717, 1.165) is 11.1 Å². The minimum atomic E-state index is -0.327. The van der Waals surface area contributed by atoms with E-state index in [1.54, 1.807) is 24.4 Å². The first kappa shape index (κ1) is 12.1. The van der Waals surface area contributed by atoms with Gasteiger partial charge in [-0.05, 0) is 43.2 Å². The van der Waals surface area contributed by atoms with Gasteiger partial charge in [-0.15, -0.1) is 0 Å². The molecule has 0 unspecified atom stereocenters. The van der Waals surface area contributed by atoms with Crippen LogP contribution in [0.4, 0.5) is 5.69 Å². The van der Waals surface area contributed by atoms with Gasteiger partial charge in [-0.3, -0.25) is 9.78 Å². The molecule has 0 aliphatic carbocycles. The maximum Gasteiger partial charge on any atom is 0.274 e. The number of hydrogen-bond acceptors (Lipinski definition) is 3. The Morgan fingerprint density at radius 1 is 1.28 bits per heavy atom. The van der Waals surface area contributed by atoms with Gasteiger partial charge in [0.1, 0.15) is 11.4 Å². The SMILES string of the molecule is Cc1ccc(NC(=O)c2ncccc2C)c(O)c1. The molecule has 0 aliphatic heterocycles. The molecule has 0 bridgehead atoms. The summed E-state index contributed by atoms with van der Waals surface area (Å²) in [5, 5.41) is 12.4. The van der Waals surface area contributed by atoms with E-state index in [9.17, 15) is 9.90 Å². The molecular weight excluding hydrogens is 228 g/mol. The summed E-state index contributed by atoms with van der Waals surface area (Å²) in [6.45, 7) is 3.69. The Morgan fingerprint density at radius 2 is 2.06 bits per heavy atom. The number of aromatic nitrogens is 1. The van der Waals surface area contributed by atoms with E-state index in [4.69, 9.17) is 0 Å². The molecule has 0 spiro atoms. The first-order chi connectivity index (χ1) is 8.58. The van der Waals surface area contributed by atoms with Crippen LogP contribution < -0.4 is 5.32 Å². The minimum absolute atomic E-state index is 0.0527. The number of nitrogens with zero attached hydrogens (tertiary/aromatic N) is 1. The van der Waals surface area contributed by atoms with Crippen molar-refractivity contribution in [1.29, 1.82) is 0 Å². The van der Waals surface area contributed by atoms with Crippen molar-refractivity contribution in [3.05, 3.63) is 53.3 Å². The van der Waals surface area contributed by atoms with E-state index in [1.807, 2.05) is 26.0 Å². The monoisotopic (exact) mass is 242 g/mol. The highest BCUT2D eigenvalue weighted by Crippen LogP contribution is 2.24. The second-order valence-electron chi connectivity index (χ2n) is 4.14. The highest BCUT2D eigenvalue weighted by molar-refractivity contribution is 6.04. The van der Waals surface area contributed by atoms with Crippen molar-refractivity contribution in [1.82, 2.24) is 4.98 Å². The normalized spacial score (nSPS) is 10.1. The van der Waals surface area contributed by atoms with Gasteiger partial charge in [0.15, 0.2) is 0 Å². The first-order valence-corrected chi connectivity index (χ1v) is 5.60. The Hall–Kier alpha value is -2.36. The van der Waals surface area contributed by atoms with E-state index in [-0.39, 0.29) is 11.7 Å². The van der Waals surface area contributed by atoms with Crippen LogP contribution in [0.5, 0.6) is 5.75 Å². The van der Waals surface area contributed by atoms with Gasteiger partial charge in [0.2, 0.25) is 0 Å². The molecule has 1 amide bonds. The Morgan fingerprint density at radius 3 is 2.72 bits per heavy atom. The van der Waals surface area contributed by atoms with Crippen molar-refractivity contribution in [3.63, 3.8) is 0 Å². The summed E-state index contributed by atoms with van der Waals surface area (Å²) in [7, 11) is 0. The molecule has 2 rings (SSSR count). The van der Waals surface area contributed by atoms with Crippen LogP contribution in [0.2, 0.25) is 0 Å². The molecule has 92 valence electrons. The molecular formula is C14H14N2O2. The van der Waals surface area contributed by atoms with Crippen LogP contribution in [-0.2, 0) is 0 Å². The largest absolute Gasteiger partial charge is 0.506 e. The number of aryl methyl sites for hydroxylation is 2. The van der Waals surface area contributed by atoms with Gasteiger partial charge in [0.05, 0.1) is 5.69 Å². The Balaban J connectivity index is 2.24. The standard InChI is InChI=1S/C14H14N2O2/c1-9-5-6-11(12(17)8-9)16-14(18)13-10(2)4-3-7-15-13/h3-8,17H,1-2H3,(H,16,18). The lowest BCUT2D eigenvalue weighted by molar-refractivity contribution is 0.102. The van der Waals surface area contributed by atoms with Gasteiger partial charge in [-0.2, -0.15) is 0 Å². The molecule has 2 aromatic rings. The summed E-state index contributed by atoms with van der Waals surface area (Å²) < 4.78 is 0. The smallest absolute Gasteiger partial charge is 0.274 e. The van der Waals surface area contributed by atoms with Crippen LogP contribution in [0.25, 0.3) is 0 Å². The highest BCUT2D eigenvalue weighted by atomic mass is 16.3. The number of aromatic hydroxyl groups is 1. The molecule has 0 saturated carbocycles. The molecule has 0 saturated heterocycles. The number of amides is 1. The number of phenols is 1. The van der Waals surface area contributed by atoms with E-state index in [1.165, 1.54) is 0 Å². The fourth-order valence-corrected chi connectivity index (χ4v) is 1.65. The highest BCUT2D eigenvalue weighted by Gasteiger charge is 2.12. The second kappa shape index (κ2) is 4.87. The van der Waals surface area contributed by atoms with E-state index < -0.39 is 0 Å². The number of nitrogens with one attached hydrogen (secondary N) is 1.